The van der Waals surface area contributed by atoms with Gasteiger partial charge < -0.3 is 0 Å². The summed E-state index contributed by atoms with van der Waals surface area (Å²) >= 11 is 11.7. The molecule has 0 heterocycles. The minimum absolute atomic E-state index is 0.215. The molecule has 0 nitrogen and oxygen atoms in total. The van der Waals surface area contributed by atoms with Gasteiger partial charge in [0.05, 0.1) is 0 Å². The molecule has 0 bridgehead atoms. The van der Waals surface area contributed by atoms with Crippen LogP contribution >= 0.6 is 23.2 Å². The smallest absolute Gasteiger partial charge is 0.126 e. The molecule has 19 heavy (non-hydrogen) atoms. The fourth-order valence-electron chi connectivity index (χ4n) is 2.02. The predicted molar refractivity (Wildman–Crippen MR) is 75.0 cm³/mol. The fourth-order valence-corrected chi connectivity index (χ4v) is 2.49. The summed E-state index contributed by atoms with van der Waals surface area (Å²) in [6.45, 7) is 0. The third-order valence-corrected chi connectivity index (χ3v) is 3.61. The third kappa shape index (κ3) is 3.46. The maximum absolute atomic E-state index is 13.7. The molecule has 0 spiro atoms. The second-order valence-corrected chi connectivity index (χ2v) is 5.06. The summed E-state index contributed by atoms with van der Waals surface area (Å²) in [5.41, 5.74) is 0.943. The number of halogens is 4. The van der Waals surface area contributed by atoms with Crippen LogP contribution in [0.4, 0.5) is 8.78 Å². The van der Waals surface area contributed by atoms with Crippen LogP contribution in [0.3, 0.4) is 0 Å². The van der Waals surface area contributed by atoms with Gasteiger partial charge in [-0.15, -0.1) is 11.6 Å². The molecule has 2 aromatic carbocycles. The highest BCUT2D eigenvalue weighted by Gasteiger charge is 2.17. The first-order chi connectivity index (χ1) is 9.11. The van der Waals surface area contributed by atoms with Gasteiger partial charge >= 0.3 is 0 Å². The van der Waals surface area contributed by atoms with Crippen LogP contribution in [-0.4, -0.2) is 5.88 Å². The van der Waals surface area contributed by atoms with Gasteiger partial charge in [-0.3, -0.25) is 0 Å². The summed E-state index contributed by atoms with van der Waals surface area (Å²) in [7, 11) is 0. The van der Waals surface area contributed by atoms with Crippen LogP contribution < -0.4 is 0 Å². The highest BCUT2D eigenvalue weighted by atomic mass is 35.5. The minimum Gasteiger partial charge on any atom is -0.207 e. The first-order valence-electron chi connectivity index (χ1n) is 5.86. The molecule has 0 fully saturated rings. The number of rotatable bonds is 4. The number of benzene rings is 2. The Morgan fingerprint density at radius 1 is 1.00 bits per heavy atom. The molecule has 0 saturated heterocycles. The average molecular weight is 301 g/mol. The van der Waals surface area contributed by atoms with Crippen molar-refractivity contribution in [3.8, 4) is 0 Å². The van der Waals surface area contributed by atoms with Crippen LogP contribution in [0.25, 0.3) is 0 Å². The standard InChI is InChI=1S/C15H12Cl2F2/c16-9-11(13-3-1-2-4-15(13)19)7-10-8-12(17)5-6-14(10)18/h1-6,8,11H,7,9H2. The van der Waals surface area contributed by atoms with E-state index in [0.29, 0.717) is 22.6 Å². The normalized spacial score (nSPS) is 12.4. The SMILES string of the molecule is Fc1ccc(Cl)cc1CC(CCl)c1ccccc1F. The van der Waals surface area contributed by atoms with Crippen molar-refractivity contribution in [3.63, 3.8) is 0 Å². The molecule has 0 N–H and O–H groups in total. The maximum Gasteiger partial charge on any atom is 0.126 e. The Morgan fingerprint density at radius 3 is 2.42 bits per heavy atom. The highest BCUT2D eigenvalue weighted by Crippen LogP contribution is 2.27. The van der Waals surface area contributed by atoms with Crippen LogP contribution in [0.15, 0.2) is 42.5 Å². The van der Waals surface area contributed by atoms with E-state index in [1.807, 2.05) is 0 Å². The quantitative estimate of drug-likeness (QED) is 0.682. The van der Waals surface area contributed by atoms with E-state index in [-0.39, 0.29) is 23.4 Å². The summed E-state index contributed by atoms with van der Waals surface area (Å²) in [6.07, 6.45) is 0.316. The van der Waals surface area contributed by atoms with Crippen molar-refractivity contribution in [1.29, 1.82) is 0 Å². The van der Waals surface area contributed by atoms with E-state index in [4.69, 9.17) is 23.2 Å². The van der Waals surface area contributed by atoms with Crippen molar-refractivity contribution in [1.82, 2.24) is 0 Å². The Labute approximate surface area is 121 Å². The van der Waals surface area contributed by atoms with Crippen LogP contribution in [0, 0.1) is 11.6 Å². The Kier molecular flexibility index (Phi) is 4.78. The molecule has 0 aliphatic rings. The van der Waals surface area contributed by atoms with Crippen LogP contribution in [0.2, 0.25) is 5.02 Å². The lowest BCUT2D eigenvalue weighted by Gasteiger charge is -2.16. The zero-order valence-corrected chi connectivity index (χ0v) is 11.6. The van der Waals surface area contributed by atoms with E-state index in [1.165, 1.54) is 18.2 Å². The molecule has 1 atom stereocenters. The Bertz CT molecular complexity index is 570. The lowest BCUT2D eigenvalue weighted by Crippen LogP contribution is -2.08. The zero-order chi connectivity index (χ0) is 13.8. The predicted octanol–water partition coefficient (Wildman–Crippen LogP) is 5.18. The van der Waals surface area contributed by atoms with E-state index in [0.717, 1.165) is 0 Å². The van der Waals surface area contributed by atoms with Gasteiger partial charge in [-0.25, -0.2) is 8.78 Å². The van der Waals surface area contributed by atoms with Crippen molar-refractivity contribution >= 4 is 23.2 Å². The van der Waals surface area contributed by atoms with Crippen LogP contribution in [-0.2, 0) is 6.42 Å². The Hall–Kier alpha value is -1.12. The zero-order valence-electron chi connectivity index (χ0n) is 10.0. The minimum atomic E-state index is -0.351. The molecule has 4 heteroatoms. The van der Waals surface area contributed by atoms with Crippen molar-refractivity contribution in [3.05, 3.63) is 70.2 Å². The van der Waals surface area contributed by atoms with Crippen molar-refractivity contribution in [2.24, 2.45) is 0 Å². The van der Waals surface area contributed by atoms with Gasteiger partial charge in [0.2, 0.25) is 0 Å². The molecule has 1 unspecified atom stereocenters. The van der Waals surface area contributed by atoms with Crippen LogP contribution in [0.5, 0.6) is 0 Å². The molecular weight excluding hydrogens is 289 g/mol. The topological polar surface area (TPSA) is 0 Å². The van der Waals surface area contributed by atoms with Crippen molar-refractivity contribution in [2.45, 2.75) is 12.3 Å². The van der Waals surface area contributed by atoms with Gasteiger partial charge in [-0.2, -0.15) is 0 Å². The van der Waals surface area contributed by atoms with Gasteiger partial charge in [-0.1, -0.05) is 29.8 Å². The Balaban J connectivity index is 2.29. The third-order valence-electron chi connectivity index (χ3n) is 3.01. The number of alkyl halides is 1. The highest BCUT2D eigenvalue weighted by molar-refractivity contribution is 6.30. The van der Waals surface area contributed by atoms with Crippen molar-refractivity contribution < 1.29 is 8.78 Å². The molecular formula is C15H12Cl2F2. The van der Waals surface area contributed by atoms with E-state index in [2.05, 4.69) is 0 Å². The number of hydrogen-bond acceptors (Lipinski definition) is 0. The molecule has 0 amide bonds. The van der Waals surface area contributed by atoms with Gasteiger partial charge in [0.1, 0.15) is 11.6 Å². The summed E-state index contributed by atoms with van der Waals surface area (Å²) in [5.74, 6) is -0.741. The average Bonchev–Trinajstić information content (AvgIpc) is 2.41. The fraction of sp³-hybridized carbons (Fsp3) is 0.200. The van der Waals surface area contributed by atoms with Gasteiger partial charge in [0.25, 0.3) is 0 Å². The van der Waals surface area contributed by atoms with Gasteiger partial charge in [-0.05, 0) is 41.8 Å². The molecule has 0 aliphatic carbocycles. The van der Waals surface area contributed by atoms with E-state index < -0.39 is 0 Å². The summed E-state index contributed by atoms with van der Waals surface area (Å²) in [6, 6.07) is 10.8. The summed E-state index contributed by atoms with van der Waals surface area (Å²) < 4.78 is 27.4. The maximum atomic E-state index is 13.7. The first kappa shape index (κ1) is 14.3. The monoisotopic (exact) mass is 300 g/mol. The molecule has 0 saturated carbocycles. The van der Waals surface area contributed by atoms with E-state index in [9.17, 15) is 8.78 Å². The molecule has 2 rings (SSSR count). The second-order valence-electron chi connectivity index (χ2n) is 4.31. The van der Waals surface area contributed by atoms with Crippen molar-refractivity contribution in [2.75, 3.05) is 5.88 Å². The van der Waals surface area contributed by atoms with E-state index in [1.54, 1.807) is 24.3 Å². The molecule has 0 aromatic heterocycles. The largest absolute Gasteiger partial charge is 0.207 e. The molecule has 100 valence electrons. The van der Waals surface area contributed by atoms with Gasteiger partial charge in [0.15, 0.2) is 0 Å². The Morgan fingerprint density at radius 2 is 1.74 bits per heavy atom. The lowest BCUT2D eigenvalue weighted by atomic mass is 9.93. The lowest BCUT2D eigenvalue weighted by molar-refractivity contribution is 0.572. The summed E-state index contributed by atoms with van der Waals surface area (Å²) in [5, 5.41) is 0.457. The molecule has 0 radical (unpaired) electrons. The summed E-state index contributed by atoms with van der Waals surface area (Å²) in [4.78, 5) is 0. The van der Waals surface area contributed by atoms with Gasteiger partial charge in [0, 0.05) is 16.8 Å². The van der Waals surface area contributed by atoms with Crippen LogP contribution in [0.1, 0.15) is 17.0 Å². The second kappa shape index (κ2) is 6.36. The molecule has 2 aromatic rings. The molecule has 0 aliphatic heterocycles. The van der Waals surface area contributed by atoms with E-state index >= 15 is 0 Å². The number of hydrogen-bond donors (Lipinski definition) is 0. The first-order valence-corrected chi connectivity index (χ1v) is 6.77.